The van der Waals surface area contributed by atoms with Gasteiger partial charge in [0.15, 0.2) is 0 Å². The van der Waals surface area contributed by atoms with Crippen LogP contribution in [0.25, 0.3) is 0 Å². The fraction of sp³-hybridized carbons (Fsp3) is 0.250. The van der Waals surface area contributed by atoms with E-state index in [0.717, 1.165) is 12.1 Å². The summed E-state index contributed by atoms with van der Waals surface area (Å²) >= 11 is 1.33. The second kappa shape index (κ2) is 5.68. The van der Waals surface area contributed by atoms with Crippen molar-refractivity contribution in [2.45, 2.75) is 19.1 Å². The van der Waals surface area contributed by atoms with E-state index < -0.39 is 23.8 Å². The molecule has 2 aromatic heterocycles. The molecule has 2 aromatic rings. The highest BCUT2D eigenvalue weighted by Crippen LogP contribution is 2.30. The van der Waals surface area contributed by atoms with Crippen LogP contribution >= 0.6 is 11.3 Å². The van der Waals surface area contributed by atoms with Crippen LogP contribution in [0.15, 0.2) is 23.7 Å². The summed E-state index contributed by atoms with van der Waals surface area (Å²) in [6.45, 7) is 1.70. The third kappa shape index (κ3) is 3.48. The predicted octanol–water partition coefficient (Wildman–Crippen LogP) is 2.83. The Morgan fingerprint density at radius 3 is 2.67 bits per heavy atom. The van der Waals surface area contributed by atoms with Gasteiger partial charge >= 0.3 is 6.18 Å². The van der Waals surface area contributed by atoms with E-state index in [2.05, 4.69) is 15.3 Å². The lowest BCUT2D eigenvalue weighted by atomic mass is 10.2. The Morgan fingerprint density at radius 2 is 2.14 bits per heavy atom. The largest absolute Gasteiger partial charge is 0.433 e. The molecule has 112 valence electrons. The van der Waals surface area contributed by atoms with E-state index in [-0.39, 0.29) is 11.4 Å². The summed E-state index contributed by atoms with van der Waals surface area (Å²) in [6, 6.07) is 1.33. The predicted molar refractivity (Wildman–Crippen MR) is 71.9 cm³/mol. The molecule has 0 radical (unpaired) electrons. The minimum absolute atomic E-state index is 0.105. The van der Waals surface area contributed by atoms with Gasteiger partial charge in [0, 0.05) is 11.6 Å². The van der Waals surface area contributed by atoms with Gasteiger partial charge in [-0.2, -0.15) is 13.2 Å². The number of amides is 1. The zero-order chi connectivity index (χ0) is 15.6. The number of anilines is 1. The second-order valence-electron chi connectivity index (χ2n) is 4.19. The Hall–Kier alpha value is -2.16. The number of pyridine rings is 1. The number of rotatable bonds is 4. The summed E-state index contributed by atoms with van der Waals surface area (Å²) in [4.78, 5) is 18.8. The van der Waals surface area contributed by atoms with Gasteiger partial charge in [0.25, 0.3) is 5.91 Å². The number of nitrogens with one attached hydrogen (secondary N) is 1. The Labute approximate surface area is 122 Å². The van der Waals surface area contributed by atoms with Crippen molar-refractivity contribution in [1.29, 1.82) is 0 Å². The number of carbonyl (C=O) groups is 1. The normalized spacial score (nSPS) is 13.0. The first-order chi connectivity index (χ1) is 9.79. The van der Waals surface area contributed by atoms with E-state index in [1.54, 1.807) is 18.5 Å². The van der Waals surface area contributed by atoms with Gasteiger partial charge in [0.2, 0.25) is 0 Å². The molecule has 1 atom stereocenters. The van der Waals surface area contributed by atoms with Crippen molar-refractivity contribution >= 4 is 23.1 Å². The van der Waals surface area contributed by atoms with Crippen LogP contribution in [-0.2, 0) is 6.18 Å². The molecule has 0 spiro atoms. The molecular formula is C12H11F3N4OS. The highest BCUT2D eigenvalue weighted by atomic mass is 32.1. The van der Waals surface area contributed by atoms with Crippen LogP contribution in [0.3, 0.4) is 0 Å². The summed E-state index contributed by atoms with van der Waals surface area (Å²) in [5.74, 6) is -1.06. The lowest BCUT2D eigenvalue weighted by Crippen LogP contribution is -2.19. The Morgan fingerprint density at radius 1 is 1.43 bits per heavy atom. The molecule has 0 saturated heterocycles. The summed E-state index contributed by atoms with van der Waals surface area (Å²) in [5.41, 5.74) is 3.95. The molecule has 0 aromatic carbocycles. The number of primary amides is 1. The second-order valence-corrected chi connectivity index (χ2v) is 5.12. The van der Waals surface area contributed by atoms with Crippen LogP contribution in [0.5, 0.6) is 0 Å². The van der Waals surface area contributed by atoms with E-state index >= 15 is 0 Å². The Kier molecular flexibility index (Phi) is 4.12. The molecular weight excluding hydrogens is 305 g/mol. The number of thiazole rings is 1. The quantitative estimate of drug-likeness (QED) is 0.909. The van der Waals surface area contributed by atoms with Crippen LogP contribution in [-0.4, -0.2) is 15.9 Å². The number of carbonyl (C=O) groups excluding carboxylic acids is 1. The smallest absolute Gasteiger partial charge is 0.365 e. The maximum atomic E-state index is 12.7. The zero-order valence-electron chi connectivity index (χ0n) is 10.8. The maximum absolute atomic E-state index is 12.7. The average Bonchev–Trinajstić information content (AvgIpc) is 2.91. The molecule has 1 unspecified atom stereocenters. The lowest BCUT2D eigenvalue weighted by Gasteiger charge is -2.16. The number of halogens is 3. The number of nitrogens with two attached hydrogens (primary N) is 1. The minimum atomic E-state index is -4.60. The average molecular weight is 316 g/mol. The number of hydrogen-bond acceptors (Lipinski definition) is 5. The molecule has 3 N–H and O–H groups in total. The summed E-state index contributed by atoms with van der Waals surface area (Å²) < 4.78 is 38.1. The Bertz CT molecular complexity index is 642. The third-order valence-electron chi connectivity index (χ3n) is 2.63. The van der Waals surface area contributed by atoms with Crippen LogP contribution in [0.1, 0.15) is 34.0 Å². The van der Waals surface area contributed by atoms with Crippen LogP contribution in [0, 0.1) is 0 Å². The van der Waals surface area contributed by atoms with Gasteiger partial charge in [-0.05, 0) is 19.1 Å². The van der Waals surface area contributed by atoms with Crippen molar-refractivity contribution in [3.8, 4) is 0 Å². The Balaban J connectivity index is 2.37. The molecule has 1 amide bonds. The molecule has 9 heteroatoms. The van der Waals surface area contributed by atoms with Crippen LogP contribution in [0.2, 0.25) is 0 Å². The van der Waals surface area contributed by atoms with Crippen molar-refractivity contribution in [1.82, 2.24) is 9.97 Å². The SMILES string of the molecule is CC(Nc1nc(C(F)(F)F)ccc1C(N)=O)c1nccs1. The topological polar surface area (TPSA) is 80.9 Å². The highest BCUT2D eigenvalue weighted by molar-refractivity contribution is 7.09. The molecule has 0 bridgehead atoms. The first kappa shape index (κ1) is 15.2. The van der Waals surface area contributed by atoms with Gasteiger partial charge in [0.1, 0.15) is 16.5 Å². The first-order valence-electron chi connectivity index (χ1n) is 5.83. The van der Waals surface area contributed by atoms with Crippen molar-refractivity contribution in [2.24, 2.45) is 5.73 Å². The van der Waals surface area contributed by atoms with E-state index in [9.17, 15) is 18.0 Å². The third-order valence-corrected chi connectivity index (χ3v) is 3.58. The van der Waals surface area contributed by atoms with E-state index in [1.807, 2.05) is 0 Å². The fourth-order valence-electron chi connectivity index (χ4n) is 1.64. The number of nitrogens with zero attached hydrogens (tertiary/aromatic N) is 2. The van der Waals surface area contributed by atoms with Crippen LogP contribution < -0.4 is 11.1 Å². The monoisotopic (exact) mass is 316 g/mol. The van der Waals surface area contributed by atoms with Gasteiger partial charge in [-0.25, -0.2) is 9.97 Å². The van der Waals surface area contributed by atoms with Crippen molar-refractivity contribution in [3.63, 3.8) is 0 Å². The molecule has 0 saturated carbocycles. The van der Waals surface area contributed by atoms with E-state index in [0.29, 0.717) is 5.01 Å². The molecule has 0 aliphatic rings. The summed E-state index contributed by atoms with van der Waals surface area (Å²) in [5, 5.41) is 5.14. The van der Waals surface area contributed by atoms with Crippen molar-refractivity contribution < 1.29 is 18.0 Å². The molecule has 2 heterocycles. The molecule has 5 nitrogen and oxygen atoms in total. The van der Waals surface area contributed by atoms with E-state index in [4.69, 9.17) is 5.73 Å². The van der Waals surface area contributed by atoms with Gasteiger partial charge in [0.05, 0.1) is 11.6 Å². The molecule has 21 heavy (non-hydrogen) atoms. The lowest BCUT2D eigenvalue weighted by molar-refractivity contribution is -0.141. The van der Waals surface area contributed by atoms with Crippen LogP contribution in [0.4, 0.5) is 19.0 Å². The minimum Gasteiger partial charge on any atom is -0.365 e. The van der Waals surface area contributed by atoms with Crippen molar-refractivity contribution in [2.75, 3.05) is 5.32 Å². The van der Waals surface area contributed by atoms with Gasteiger partial charge in [-0.15, -0.1) is 11.3 Å². The maximum Gasteiger partial charge on any atom is 0.433 e. The number of hydrogen-bond donors (Lipinski definition) is 2. The number of alkyl halides is 3. The zero-order valence-corrected chi connectivity index (χ0v) is 11.6. The molecule has 0 aliphatic heterocycles. The van der Waals surface area contributed by atoms with Gasteiger partial charge in [-0.3, -0.25) is 4.79 Å². The van der Waals surface area contributed by atoms with E-state index in [1.165, 1.54) is 11.3 Å². The molecule has 0 aliphatic carbocycles. The standard InChI is InChI=1S/C12H11F3N4OS/c1-6(11-17-4-5-21-11)18-10-7(9(16)20)2-3-8(19-10)12(13,14)15/h2-6H,1H3,(H2,16,20)(H,18,19). The van der Waals surface area contributed by atoms with Gasteiger partial charge in [-0.1, -0.05) is 0 Å². The molecule has 0 fully saturated rings. The first-order valence-corrected chi connectivity index (χ1v) is 6.71. The van der Waals surface area contributed by atoms with Gasteiger partial charge < -0.3 is 11.1 Å². The molecule has 2 rings (SSSR count). The summed E-state index contributed by atoms with van der Waals surface area (Å²) in [6.07, 6.45) is -3.02. The summed E-state index contributed by atoms with van der Waals surface area (Å²) in [7, 11) is 0. The van der Waals surface area contributed by atoms with Crippen molar-refractivity contribution in [3.05, 3.63) is 40.0 Å². The fourth-order valence-corrected chi connectivity index (χ4v) is 2.29. The highest BCUT2D eigenvalue weighted by Gasteiger charge is 2.33. The number of aromatic nitrogens is 2.